The van der Waals surface area contributed by atoms with Crippen LogP contribution < -0.4 is 10.2 Å². The third-order valence-corrected chi connectivity index (χ3v) is 7.41. The molecule has 2 fully saturated rings. The Hall–Kier alpha value is -2.96. The summed E-state index contributed by atoms with van der Waals surface area (Å²) >= 11 is 0. The van der Waals surface area contributed by atoms with Gasteiger partial charge in [-0.2, -0.15) is 0 Å². The van der Waals surface area contributed by atoms with Crippen molar-refractivity contribution in [3.05, 3.63) is 77.6 Å². The molecule has 0 unspecified atom stereocenters. The molecule has 3 aliphatic heterocycles. The van der Waals surface area contributed by atoms with Crippen LogP contribution in [0, 0.1) is 0 Å². The van der Waals surface area contributed by atoms with Crippen LogP contribution in [0.1, 0.15) is 35.4 Å². The lowest BCUT2D eigenvalue weighted by molar-refractivity contribution is 0.00843. The van der Waals surface area contributed by atoms with E-state index in [0.717, 1.165) is 50.2 Å². The first-order valence-electron chi connectivity index (χ1n) is 12.1. The van der Waals surface area contributed by atoms with Crippen LogP contribution in [-0.4, -0.2) is 53.8 Å². The Balaban J connectivity index is 1.06. The molecular formula is C27H31N5O. The third-order valence-electron chi connectivity index (χ3n) is 7.41. The summed E-state index contributed by atoms with van der Waals surface area (Å²) in [5, 5.41) is 3.44. The van der Waals surface area contributed by atoms with Crippen molar-refractivity contribution >= 4 is 17.3 Å². The van der Waals surface area contributed by atoms with Crippen LogP contribution >= 0.6 is 0 Å². The van der Waals surface area contributed by atoms with E-state index in [0.29, 0.717) is 12.0 Å². The molecule has 0 atom stereocenters. The van der Waals surface area contributed by atoms with E-state index in [2.05, 4.69) is 79.7 Å². The van der Waals surface area contributed by atoms with Crippen LogP contribution in [0.2, 0.25) is 0 Å². The van der Waals surface area contributed by atoms with Crippen LogP contribution in [0.15, 0.2) is 60.9 Å². The Morgan fingerprint density at radius 1 is 0.879 bits per heavy atom. The van der Waals surface area contributed by atoms with Gasteiger partial charge in [0.2, 0.25) is 0 Å². The van der Waals surface area contributed by atoms with Gasteiger partial charge < -0.3 is 15.0 Å². The molecule has 0 radical (unpaired) electrons. The minimum atomic E-state index is 0.548. The molecule has 170 valence electrons. The summed E-state index contributed by atoms with van der Waals surface area (Å²) in [7, 11) is 0. The quantitative estimate of drug-likeness (QED) is 0.635. The molecule has 6 rings (SSSR count). The second-order valence-electron chi connectivity index (χ2n) is 9.45. The van der Waals surface area contributed by atoms with E-state index >= 15 is 0 Å². The lowest BCUT2D eigenvalue weighted by Crippen LogP contribution is -2.46. The first-order chi connectivity index (χ1) is 16.3. The molecule has 2 aromatic carbocycles. The van der Waals surface area contributed by atoms with Gasteiger partial charge in [-0.25, -0.2) is 9.97 Å². The Bertz CT molecular complexity index is 1090. The number of nitrogens with zero attached hydrogens (tertiary/aromatic N) is 4. The maximum absolute atomic E-state index is 5.30. The second kappa shape index (κ2) is 9.12. The molecule has 0 amide bonds. The summed E-state index contributed by atoms with van der Waals surface area (Å²) in [6.45, 7) is 6.02. The van der Waals surface area contributed by atoms with Gasteiger partial charge in [-0.1, -0.05) is 36.4 Å². The van der Waals surface area contributed by atoms with Gasteiger partial charge in [0.15, 0.2) is 0 Å². The highest BCUT2D eigenvalue weighted by atomic mass is 16.5. The van der Waals surface area contributed by atoms with E-state index in [9.17, 15) is 0 Å². The fourth-order valence-electron chi connectivity index (χ4n) is 5.29. The van der Waals surface area contributed by atoms with Crippen LogP contribution in [0.5, 0.6) is 0 Å². The highest BCUT2D eigenvalue weighted by molar-refractivity contribution is 5.59. The van der Waals surface area contributed by atoms with Crippen molar-refractivity contribution < 1.29 is 4.74 Å². The SMILES string of the molecule is c1ccc2c(c1)CCN(C1CCN(c3cc(Nc4ccc(C5COC5)cc4)ncn3)CC1)C2. The largest absolute Gasteiger partial charge is 0.380 e. The topological polar surface area (TPSA) is 53.5 Å². The lowest BCUT2D eigenvalue weighted by Gasteiger charge is -2.41. The highest BCUT2D eigenvalue weighted by Gasteiger charge is 2.28. The zero-order valence-electron chi connectivity index (χ0n) is 19.0. The lowest BCUT2D eigenvalue weighted by atomic mass is 9.95. The second-order valence-corrected chi connectivity index (χ2v) is 9.45. The van der Waals surface area contributed by atoms with E-state index in [1.807, 2.05) is 0 Å². The number of aromatic nitrogens is 2. The molecule has 0 saturated carbocycles. The minimum absolute atomic E-state index is 0.548. The van der Waals surface area contributed by atoms with Gasteiger partial charge in [0.05, 0.1) is 13.2 Å². The fourth-order valence-corrected chi connectivity index (χ4v) is 5.29. The number of nitrogens with one attached hydrogen (secondary N) is 1. The van der Waals surface area contributed by atoms with E-state index in [-0.39, 0.29) is 0 Å². The number of rotatable bonds is 5. The van der Waals surface area contributed by atoms with Crippen molar-refractivity contribution in [3.63, 3.8) is 0 Å². The standard InChI is InChI=1S/C27H31N5O/c1-2-4-22-16-32(12-9-20(22)3-1)25-10-13-31(14-11-25)27-15-26(28-19-29-27)30-24-7-5-21(6-8-24)23-17-33-18-23/h1-8,15,19,23,25H,9-14,16-18H2,(H,28,29,30). The number of ether oxygens (including phenoxy) is 1. The summed E-state index contributed by atoms with van der Waals surface area (Å²) in [5.74, 6) is 2.40. The van der Waals surface area contributed by atoms with Gasteiger partial charge in [0, 0.05) is 49.9 Å². The van der Waals surface area contributed by atoms with Crippen molar-refractivity contribution in [2.45, 2.75) is 37.8 Å². The summed E-state index contributed by atoms with van der Waals surface area (Å²) in [4.78, 5) is 14.1. The van der Waals surface area contributed by atoms with Crippen LogP contribution in [0.4, 0.5) is 17.3 Å². The van der Waals surface area contributed by atoms with E-state index in [1.165, 1.54) is 42.5 Å². The van der Waals surface area contributed by atoms with Gasteiger partial charge in [0.25, 0.3) is 0 Å². The normalized spacial score (nSPS) is 19.7. The molecule has 0 spiro atoms. The number of anilines is 3. The van der Waals surface area contributed by atoms with Crippen molar-refractivity contribution in [3.8, 4) is 0 Å². The van der Waals surface area contributed by atoms with Crippen molar-refractivity contribution in [2.75, 3.05) is 43.1 Å². The molecule has 3 aromatic rings. The van der Waals surface area contributed by atoms with E-state index in [1.54, 1.807) is 6.33 Å². The Kier molecular flexibility index (Phi) is 5.70. The van der Waals surface area contributed by atoms with Gasteiger partial charge >= 0.3 is 0 Å². The molecule has 6 heteroatoms. The zero-order valence-corrected chi connectivity index (χ0v) is 19.0. The van der Waals surface area contributed by atoms with E-state index in [4.69, 9.17) is 4.74 Å². The number of benzene rings is 2. The van der Waals surface area contributed by atoms with Crippen molar-refractivity contribution in [2.24, 2.45) is 0 Å². The third kappa shape index (κ3) is 4.45. The molecule has 33 heavy (non-hydrogen) atoms. The number of piperidine rings is 1. The van der Waals surface area contributed by atoms with Gasteiger partial charge in [-0.3, -0.25) is 4.90 Å². The molecule has 0 aliphatic carbocycles. The highest BCUT2D eigenvalue weighted by Crippen LogP contribution is 2.28. The molecule has 4 heterocycles. The first-order valence-corrected chi connectivity index (χ1v) is 12.1. The Morgan fingerprint density at radius 2 is 1.67 bits per heavy atom. The Morgan fingerprint density at radius 3 is 2.42 bits per heavy atom. The van der Waals surface area contributed by atoms with Crippen LogP contribution in [0.3, 0.4) is 0 Å². The number of hydrogen-bond donors (Lipinski definition) is 1. The van der Waals surface area contributed by atoms with Gasteiger partial charge in [-0.05, 0) is 48.1 Å². The number of fused-ring (bicyclic) bond motifs is 1. The van der Waals surface area contributed by atoms with Crippen molar-refractivity contribution in [1.29, 1.82) is 0 Å². The molecule has 3 aliphatic rings. The summed E-state index contributed by atoms with van der Waals surface area (Å²) in [5.41, 5.74) is 5.42. The molecule has 1 N–H and O–H groups in total. The van der Waals surface area contributed by atoms with Crippen LogP contribution in [-0.2, 0) is 17.7 Å². The summed E-state index contributed by atoms with van der Waals surface area (Å²) < 4.78 is 5.30. The molecule has 6 nitrogen and oxygen atoms in total. The van der Waals surface area contributed by atoms with Crippen LogP contribution in [0.25, 0.3) is 0 Å². The van der Waals surface area contributed by atoms with Crippen molar-refractivity contribution in [1.82, 2.24) is 14.9 Å². The number of hydrogen-bond acceptors (Lipinski definition) is 6. The average molecular weight is 442 g/mol. The molecule has 1 aromatic heterocycles. The van der Waals surface area contributed by atoms with Gasteiger partial charge in [0.1, 0.15) is 18.0 Å². The maximum Gasteiger partial charge on any atom is 0.135 e. The average Bonchev–Trinajstić information content (AvgIpc) is 2.84. The Labute approximate surface area is 195 Å². The first kappa shape index (κ1) is 20.6. The maximum atomic E-state index is 5.30. The molecule has 0 bridgehead atoms. The fraction of sp³-hybridized carbons (Fsp3) is 0.407. The predicted molar refractivity (Wildman–Crippen MR) is 131 cm³/mol. The predicted octanol–water partition coefficient (Wildman–Crippen LogP) is 4.36. The minimum Gasteiger partial charge on any atom is -0.380 e. The zero-order chi connectivity index (χ0) is 22.0. The monoisotopic (exact) mass is 441 g/mol. The van der Waals surface area contributed by atoms with E-state index < -0.39 is 0 Å². The summed E-state index contributed by atoms with van der Waals surface area (Å²) in [6, 6.07) is 20.3. The molecule has 2 saturated heterocycles. The smallest absolute Gasteiger partial charge is 0.135 e. The molecular weight excluding hydrogens is 410 g/mol. The van der Waals surface area contributed by atoms with Gasteiger partial charge in [-0.15, -0.1) is 0 Å². The summed E-state index contributed by atoms with van der Waals surface area (Å²) in [6.07, 6.45) is 5.21.